The maximum absolute atomic E-state index is 5.86. The van der Waals surface area contributed by atoms with Gasteiger partial charge in [-0.15, -0.1) is 11.3 Å². The maximum atomic E-state index is 5.86. The molecule has 102 valence electrons. The first kappa shape index (κ1) is 13.8. The monoisotopic (exact) mass is 267 g/mol. The average Bonchev–Trinajstić information content (AvgIpc) is 2.91. The molecule has 1 aliphatic rings. The Kier molecular flexibility index (Phi) is 3.97. The van der Waals surface area contributed by atoms with Crippen LogP contribution >= 0.6 is 11.3 Å². The number of nitrogens with two attached hydrogens (primary N) is 1. The Bertz CT molecular complexity index is 411. The zero-order chi connectivity index (χ0) is 13.3. The molecule has 0 aromatic carbocycles. The second kappa shape index (κ2) is 5.17. The van der Waals surface area contributed by atoms with E-state index in [0.717, 1.165) is 19.5 Å². The number of anilines is 1. The van der Waals surface area contributed by atoms with Crippen molar-refractivity contribution in [2.45, 2.75) is 53.0 Å². The molecule has 0 radical (unpaired) electrons. The number of thiazole rings is 1. The Hall–Kier alpha value is -0.610. The zero-order valence-electron chi connectivity index (χ0n) is 12.0. The topological polar surface area (TPSA) is 42.2 Å². The Morgan fingerprint density at radius 1 is 1.50 bits per heavy atom. The van der Waals surface area contributed by atoms with Crippen LogP contribution in [0.5, 0.6) is 0 Å². The summed E-state index contributed by atoms with van der Waals surface area (Å²) in [7, 11) is 0. The summed E-state index contributed by atoms with van der Waals surface area (Å²) in [6.07, 6.45) is 2.38. The molecule has 1 aromatic heterocycles. The number of hydrogen-bond acceptors (Lipinski definition) is 4. The molecule has 2 rings (SSSR count). The summed E-state index contributed by atoms with van der Waals surface area (Å²) in [5.74, 6) is 0.518. The van der Waals surface area contributed by atoms with Crippen LogP contribution in [0.3, 0.4) is 0 Å². The van der Waals surface area contributed by atoms with Crippen LogP contribution in [0.25, 0.3) is 0 Å². The minimum absolute atomic E-state index is 0.422. The Morgan fingerprint density at radius 2 is 2.22 bits per heavy atom. The third-order valence-electron chi connectivity index (χ3n) is 3.93. The molecule has 0 aliphatic carbocycles. The van der Waals surface area contributed by atoms with E-state index in [2.05, 4.69) is 32.6 Å². The van der Waals surface area contributed by atoms with E-state index in [0.29, 0.717) is 17.9 Å². The van der Waals surface area contributed by atoms with E-state index in [1.807, 2.05) is 0 Å². The van der Waals surface area contributed by atoms with E-state index in [4.69, 9.17) is 10.7 Å². The van der Waals surface area contributed by atoms with Crippen molar-refractivity contribution in [2.75, 3.05) is 18.0 Å². The average molecular weight is 267 g/mol. The van der Waals surface area contributed by atoms with Crippen LogP contribution in [0.15, 0.2) is 0 Å². The normalized spacial score (nSPS) is 20.4. The van der Waals surface area contributed by atoms with E-state index in [-0.39, 0.29) is 0 Å². The zero-order valence-corrected chi connectivity index (χ0v) is 12.8. The summed E-state index contributed by atoms with van der Waals surface area (Å²) < 4.78 is 0. The molecule has 1 saturated heterocycles. The Labute approximate surface area is 114 Å². The number of aromatic nitrogens is 1. The van der Waals surface area contributed by atoms with Gasteiger partial charge in [0.2, 0.25) is 0 Å². The molecule has 1 fully saturated rings. The second-order valence-corrected chi connectivity index (χ2v) is 7.22. The lowest BCUT2D eigenvalue weighted by atomic mass is 9.93. The third kappa shape index (κ3) is 2.69. The van der Waals surface area contributed by atoms with Crippen LogP contribution < -0.4 is 10.6 Å². The van der Waals surface area contributed by atoms with Crippen LogP contribution in [0.4, 0.5) is 5.13 Å². The molecule has 4 heteroatoms. The first-order valence-electron chi connectivity index (χ1n) is 6.91. The van der Waals surface area contributed by atoms with Gasteiger partial charge in [0.25, 0.3) is 0 Å². The van der Waals surface area contributed by atoms with Crippen LogP contribution in [0, 0.1) is 5.41 Å². The lowest BCUT2D eigenvalue weighted by molar-refractivity contribution is 0.418. The van der Waals surface area contributed by atoms with E-state index < -0.39 is 0 Å². The summed E-state index contributed by atoms with van der Waals surface area (Å²) in [5.41, 5.74) is 7.51. The smallest absolute Gasteiger partial charge is 0.185 e. The first-order valence-corrected chi connectivity index (χ1v) is 7.73. The van der Waals surface area contributed by atoms with Gasteiger partial charge < -0.3 is 10.6 Å². The van der Waals surface area contributed by atoms with Crippen LogP contribution in [0.2, 0.25) is 0 Å². The third-order valence-corrected chi connectivity index (χ3v) is 5.08. The lowest BCUT2D eigenvalue weighted by Crippen LogP contribution is -2.22. The van der Waals surface area contributed by atoms with Crippen molar-refractivity contribution >= 4 is 16.5 Å². The van der Waals surface area contributed by atoms with Gasteiger partial charge >= 0.3 is 0 Å². The van der Waals surface area contributed by atoms with E-state index in [1.54, 1.807) is 11.3 Å². The van der Waals surface area contributed by atoms with Crippen molar-refractivity contribution in [2.24, 2.45) is 11.1 Å². The Balaban J connectivity index is 2.22. The summed E-state index contributed by atoms with van der Waals surface area (Å²) in [4.78, 5) is 8.56. The van der Waals surface area contributed by atoms with Crippen molar-refractivity contribution in [3.63, 3.8) is 0 Å². The molecule has 0 bridgehead atoms. The van der Waals surface area contributed by atoms with Gasteiger partial charge in [-0.1, -0.05) is 27.7 Å². The van der Waals surface area contributed by atoms with Crippen molar-refractivity contribution in [1.82, 2.24) is 4.98 Å². The van der Waals surface area contributed by atoms with Crippen LogP contribution in [-0.2, 0) is 6.54 Å². The predicted octanol–water partition coefficient (Wildman–Crippen LogP) is 3.35. The van der Waals surface area contributed by atoms with Gasteiger partial charge in [0.15, 0.2) is 5.13 Å². The van der Waals surface area contributed by atoms with Crippen LogP contribution in [0.1, 0.15) is 57.0 Å². The van der Waals surface area contributed by atoms with Crippen molar-refractivity contribution in [1.29, 1.82) is 0 Å². The molecule has 0 saturated carbocycles. The molecule has 2 heterocycles. The van der Waals surface area contributed by atoms with E-state index in [1.165, 1.54) is 22.1 Å². The van der Waals surface area contributed by atoms with E-state index in [9.17, 15) is 0 Å². The molecule has 18 heavy (non-hydrogen) atoms. The van der Waals surface area contributed by atoms with Gasteiger partial charge in [-0.25, -0.2) is 4.98 Å². The highest BCUT2D eigenvalue weighted by atomic mass is 32.1. The SMILES string of the molecule is CCC(C)c1nc(N2CCC(C)(C)C2)sc1CN. The summed E-state index contributed by atoms with van der Waals surface area (Å²) in [6.45, 7) is 12.0. The number of rotatable bonds is 4. The molecule has 3 nitrogen and oxygen atoms in total. The molecule has 1 aromatic rings. The van der Waals surface area contributed by atoms with Crippen molar-refractivity contribution < 1.29 is 0 Å². The molecule has 2 N–H and O–H groups in total. The van der Waals surface area contributed by atoms with Crippen molar-refractivity contribution in [3.8, 4) is 0 Å². The Morgan fingerprint density at radius 3 is 2.72 bits per heavy atom. The largest absolute Gasteiger partial charge is 0.348 e. The summed E-state index contributed by atoms with van der Waals surface area (Å²) in [5, 5.41) is 1.18. The fourth-order valence-corrected chi connectivity index (χ4v) is 3.57. The highest BCUT2D eigenvalue weighted by Gasteiger charge is 2.31. The molecular formula is C14H25N3S. The molecule has 0 spiro atoms. The number of hydrogen-bond donors (Lipinski definition) is 1. The minimum atomic E-state index is 0.422. The maximum Gasteiger partial charge on any atom is 0.185 e. The van der Waals surface area contributed by atoms with Crippen molar-refractivity contribution in [3.05, 3.63) is 10.6 Å². The lowest BCUT2D eigenvalue weighted by Gasteiger charge is -2.18. The van der Waals surface area contributed by atoms with Gasteiger partial charge in [-0.05, 0) is 24.2 Å². The van der Waals surface area contributed by atoms with E-state index >= 15 is 0 Å². The molecule has 1 atom stereocenters. The molecule has 0 amide bonds. The standard InChI is InChI=1S/C14H25N3S/c1-5-10(2)12-11(8-15)18-13(16-12)17-7-6-14(3,4)9-17/h10H,5-9,15H2,1-4H3. The number of nitrogens with zero attached hydrogens (tertiary/aromatic N) is 2. The highest BCUT2D eigenvalue weighted by molar-refractivity contribution is 7.15. The van der Waals surface area contributed by atoms with Gasteiger partial charge in [0.05, 0.1) is 5.69 Å². The van der Waals surface area contributed by atoms with Gasteiger partial charge in [0, 0.05) is 24.5 Å². The van der Waals surface area contributed by atoms with Gasteiger partial charge in [-0.2, -0.15) is 0 Å². The highest BCUT2D eigenvalue weighted by Crippen LogP contribution is 2.37. The minimum Gasteiger partial charge on any atom is -0.348 e. The summed E-state index contributed by atoms with van der Waals surface area (Å²) in [6, 6.07) is 0. The van der Waals surface area contributed by atoms with Gasteiger partial charge in [-0.3, -0.25) is 0 Å². The molecule has 1 aliphatic heterocycles. The summed E-state index contributed by atoms with van der Waals surface area (Å²) >= 11 is 1.79. The fraction of sp³-hybridized carbons (Fsp3) is 0.786. The fourth-order valence-electron chi connectivity index (χ4n) is 2.49. The molecule has 1 unspecified atom stereocenters. The van der Waals surface area contributed by atoms with Crippen LogP contribution in [-0.4, -0.2) is 18.1 Å². The first-order chi connectivity index (χ1) is 8.46. The predicted molar refractivity (Wildman–Crippen MR) is 79.3 cm³/mol. The molecular weight excluding hydrogens is 242 g/mol. The quantitative estimate of drug-likeness (QED) is 0.909. The second-order valence-electron chi connectivity index (χ2n) is 6.15. The van der Waals surface area contributed by atoms with Gasteiger partial charge in [0.1, 0.15) is 0 Å².